The summed E-state index contributed by atoms with van der Waals surface area (Å²) in [5.41, 5.74) is 1.17. The number of hydrogen-bond acceptors (Lipinski definition) is 6. The van der Waals surface area contributed by atoms with Crippen LogP contribution >= 0.6 is 0 Å². The maximum absolute atomic E-state index is 12.9. The Kier molecular flexibility index (Phi) is 6.93. The van der Waals surface area contributed by atoms with Gasteiger partial charge >= 0.3 is 6.36 Å². The third-order valence-electron chi connectivity index (χ3n) is 5.18. The van der Waals surface area contributed by atoms with Crippen LogP contribution in [0.15, 0.2) is 42.5 Å². The first kappa shape index (κ1) is 23.4. The van der Waals surface area contributed by atoms with Crippen LogP contribution in [0.2, 0.25) is 0 Å². The molecule has 0 spiro atoms. The molecule has 0 radical (unpaired) electrons. The van der Waals surface area contributed by atoms with Crippen LogP contribution < -0.4 is 19.1 Å². The quantitative estimate of drug-likeness (QED) is 0.572. The van der Waals surface area contributed by atoms with Crippen molar-refractivity contribution < 1.29 is 37.0 Å². The van der Waals surface area contributed by atoms with Crippen molar-refractivity contribution in [2.24, 2.45) is 0 Å². The van der Waals surface area contributed by atoms with Crippen LogP contribution in [0, 0.1) is 0 Å². The number of anilines is 1. The summed E-state index contributed by atoms with van der Waals surface area (Å²) in [6.45, 7) is 0.505. The minimum atomic E-state index is -4.82. The van der Waals surface area contributed by atoms with Crippen LogP contribution in [-0.4, -0.2) is 56.9 Å². The highest BCUT2D eigenvalue weighted by Gasteiger charge is 2.41. The molecule has 3 rings (SSSR count). The van der Waals surface area contributed by atoms with Gasteiger partial charge in [0.05, 0.1) is 32.4 Å². The molecule has 32 heavy (non-hydrogen) atoms. The minimum Gasteiger partial charge on any atom is -0.493 e. The third-order valence-corrected chi connectivity index (χ3v) is 5.18. The summed E-state index contributed by atoms with van der Waals surface area (Å²) < 4.78 is 51.3. The number of carbonyl (C=O) groups excluding carboxylic acids is 2. The topological polar surface area (TPSA) is 68.3 Å². The smallest absolute Gasteiger partial charge is 0.493 e. The Balaban J connectivity index is 1.65. The molecule has 0 unspecified atom stereocenters. The fourth-order valence-corrected chi connectivity index (χ4v) is 3.53. The highest BCUT2D eigenvalue weighted by atomic mass is 19.4. The van der Waals surface area contributed by atoms with Gasteiger partial charge in [-0.3, -0.25) is 14.5 Å². The van der Waals surface area contributed by atoms with E-state index in [1.54, 1.807) is 32.2 Å². The first-order valence-electron chi connectivity index (χ1n) is 9.76. The van der Waals surface area contributed by atoms with Crippen LogP contribution in [0.4, 0.5) is 18.9 Å². The molecule has 1 aliphatic heterocycles. The van der Waals surface area contributed by atoms with Crippen molar-refractivity contribution in [1.29, 1.82) is 0 Å². The normalized spacial score (nSPS) is 16.6. The molecule has 2 amide bonds. The first-order chi connectivity index (χ1) is 15.1. The Morgan fingerprint density at radius 2 is 1.69 bits per heavy atom. The van der Waals surface area contributed by atoms with E-state index in [1.807, 2.05) is 12.1 Å². The van der Waals surface area contributed by atoms with Gasteiger partial charge in [-0.15, -0.1) is 13.2 Å². The summed E-state index contributed by atoms with van der Waals surface area (Å²) in [5, 5.41) is 0. The lowest BCUT2D eigenvalue weighted by Gasteiger charge is -2.23. The zero-order valence-electron chi connectivity index (χ0n) is 17.8. The van der Waals surface area contributed by atoms with E-state index in [-0.39, 0.29) is 12.1 Å². The molecule has 0 saturated carbocycles. The average Bonchev–Trinajstić information content (AvgIpc) is 3.05. The zero-order chi connectivity index (χ0) is 23.5. The Morgan fingerprint density at radius 1 is 1.03 bits per heavy atom. The highest BCUT2D eigenvalue weighted by molar-refractivity contribution is 6.22. The second-order valence-corrected chi connectivity index (χ2v) is 7.25. The molecule has 172 valence electrons. The SMILES string of the molecule is COc1ccc(CCN(C)[C@H]2CC(=O)N(c3ccc(OC(F)(F)F)cc3)C2=O)cc1OC. The van der Waals surface area contributed by atoms with Crippen molar-refractivity contribution in [2.45, 2.75) is 25.2 Å². The van der Waals surface area contributed by atoms with Gasteiger partial charge < -0.3 is 14.2 Å². The number of carbonyl (C=O) groups is 2. The Labute approximate surface area is 183 Å². The highest BCUT2D eigenvalue weighted by Crippen LogP contribution is 2.30. The number of imide groups is 1. The lowest BCUT2D eigenvalue weighted by Crippen LogP contribution is -2.40. The number of halogens is 3. The predicted molar refractivity (Wildman–Crippen MR) is 110 cm³/mol. The predicted octanol–water partition coefficient (Wildman–Crippen LogP) is 3.41. The molecule has 1 atom stereocenters. The van der Waals surface area contributed by atoms with Crippen molar-refractivity contribution in [3.63, 3.8) is 0 Å². The number of rotatable bonds is 8. The lowest BCUT2D eigenvalue weighted by molar-refractivity contribution is -0.274. The summed E-state index contributed by atoms with van der Waals surface area (Å²) in [6.07, 6.45) is -4.22. The summed E-state index contributed by atoms with van der Waals surface area (Å²) in [5.74, 6) is -0.0481. The van der Waals surface area contributed by atoms with E-state index in [2.05, 4.69) is 4.74 Å². The molecular formula is C22H23F3N2O5. The third kappa shape index (κ3) is 5.31. The molecule has 0 N–H and O–H groups in total. The van der Waals surface area contributed by atoms with Crippen LogP contribution in [0.1, 0.15) is 12.0 Å². The molecule has 10 heteroatoms. The molecule has 0 aromatic heterocycles. The van der Waals surface area contributed by atoms with E-state index in [0.29, 0.717) is 24.5 Å². The van der Waals surface area contributed by atoms with E-state index >= 15 is 0 Å². The Bertz CT molecular complexity index is 979. The molecule has 7 nitrogen and oxygen atoms in total. The summed E-state index contributed by atoms with van der Waals surface area (Å²) in [7, 11) is 4.85. The lowest BCUT2D eigenvalue weighted by atomic mass is 10.1. The van der Waals surface area contributed by atoms with Crippen LogP contribution in [-0.2, 0) is 16.0 Å². The van der Waals surface area contributed by atoms with Crippen LogP contribution in [0.25, 0.3) is 0 Å². The number of amides is 2. The van der Waals surface area contributed by atoms with E-state index < -0.39 is 30.0 Å². The average molecular weight is 452 g/mol. The van der Waals surface area contributed by atoms with Crippen molar-refractivity contribution in [3.8, 4) is 17.2 Å². The summed E-state index contributed by atoms with van der Waals surface area (Å²) in [6, 6.07) is 9.53. The molecule has 0 aliphatic carbocycles. The van der Waals surface area contributed by atoms with E-state index in [1.165, 1.54) is 12.1 Å². The van der Waals surface area contributed by atoms with Crippen molar-refractivity contribution in [2.75, 3.05) is 32.7 Å². The van der Waals surface area contributed by atoms with Crippen molar-refractivity contribution >= 4 is 17.5 Å². The number of ether oxygens (including phenoxy) is 3. The number of benzene rings is 2. The Morgan fingerprint density at radius 3 is 2.28 bits per heavy atom. The molecular weight excluding hydrogens is 429 g/mol. The van der Waals surface area contributed by atoms with E-state index in [9.17, 15) is 22.8 Å². The Hall–Kier alpha value is -3.27. The van der Waals surface area contributed by atoms with Gasteiger partial charge in [0.15, 0.2) is 11.5 Å². The van der Waals surface area contributed by atoms with Gasteiger partial charge in [0.2, 0.25) is 5.91 Å². The number of hydrogen-bond donors (Lipinski definition) is 0. The molecule has 1 fully saturated rings. The second kappa shape index (κ2) is 9.47. The monoisotopic (exact) mass is 452 g/mol. The van der Waals surface area contributed by atoms with Crippen LogP contribution in [0.3, 0.4) is 0 Å². The van der Waals surface area contributed by atoms with Gasteiger partial charge in [-0.1, -0.05) is 6.07 Å². The number of likely N-dealkylation sites (N-methyl/N-ethyl adjacent to an activating group) is 1. The van der Waals surface area contributed by atoms with Crippen LogP contribution in [0.5, 0.6) is 17.2 Å². The number of methoxy groups -OCH3 is 2. The maximum Gasteiger partial charge on any atom is 0.573 e. The first-order valence-corrected chi connectivity index (χ1v) is 9.76. The molecule has 0 bridgehead atoms. The summed E-state index contributed by atoms with van der Waals surface area (Å²) >= 11 is 0. The minimum absolute atomic E-state index is 0.0118. The van der Waals surface area contributed by atoms with Gasteiger partial charge in [-0.2, -0.15) is 0 Å². The fourth-order valence-electron chi connectivity index (χ4n) is 3.53. The largest absolute Gasteiger partial charge is 0.573 e. The van der Waals surface area contributed by atoms with Gasteiger partial charge in [0.25, 0.3) is 5.91 Å². The molecule has 2 aromatic carbocycles. The van der Waals surface area contributed by atoms with Gasteiger partial charge in [-0.05, 0) is 55.4 Å². The van der Waals surface area contributed by atoms with Crippen molar-refractivity contribution in [1.82, 2.24) is 4.90 Å². The molecule has 1 saturated heterocycles. The standard InChI is InChI=1S/C22H23F3N2O5/c1-26(11-10-14-4-9-18(30-2)19(12-14)31-3)17-13-20(28)27(21(17)29)15-5-7-16(8-6-15)32-22(23,24)25/h4-9,12,17H,10-11,13H2,1-3H3/t17-/m0/s1. The second-order valence-electron chi connectivity index (χ2n) is 7.25. The number of alkyl halides is 3. The van der Waals surface area contributed by atoms with Gasteiger partial charge in [0, 0.05) is 6.54 Å². The summed E-state index contributed by atoms with van der Waals surface area (Å²) in [4.78, 5) is 28.1. The van der Waals surface area contributed by atoms with Gasteiger partial charge in [0.1, 0.15) is 5.75 Å². The molecule has 2 aromatic rings. The van der Waals surface area contributed by atoms with Gasteiger partial charge in [-0.25, -0.2) is 4.90 Å². The maximum atomic E-state index is 12.9. The zero-order valence-corrected chi connectivity index (χ0v) is 17.8. The fraction of sp³-hybridized carbons (Fsp3) is 0.364. The molecule has 1 aliphatic rings. The number of nitrogens with zero attached hydrogens (tertiary/aromatic N) is 2. The van der Waals surface area contributed by atoms with E-state index in [4.69, 9.17) is 9.47 Å². The van der Waals surface area contributed by atoms with Crippen molar-refractivity contribution in [3.05, 3.63) is 48.0 Å². The van der Waals surface area contributed by atoms with E-state index in [0.717, 1.165) is 22.6 Å². The molecule has 1 heterocycles.